The van der Waals surface area contributed by atoms with Crippen molar-refractivity contribution in [2.45, 2.75) is 30.6 Å². The van der Waals surface area contributed by atoms with Gasteiger partial charge in [-0.25, -0.2) is 13.1 Å². The molecule has 0 bridgehead atoms. The highest BCUT2D eigenvalue weighted by Crippen LogP contribution is 2.26. The lowest BCUT2D eigenvalue weighted by Crippen LogP contribution is -2.33. The Balaban J connectivity index is 2.54. The summed E-state index contributed by atoms with van der Waals surface area (Å²) >= 11 is 0. The van der Waals surface area contributed by atoms with Gasteiger partial charge in [-0.2, -0.15) is 18.3 Å². The summed E-state index contributed by atoms with van der Waals surface area (Å²) in [6.45, 7) is -0.175. The first-order valence-electron chi connectivity index (χ1n) is 7.78. The Labute approximate surface area is 153 Å². The molecule has 11 heteroatoms. The van der Waals surface area contributed by atoms with Gasteiger partial charge in [-0.1, -0.05) is 12.1 Å². The van der Waals surface area contributed by atoms with E-state index in [1.54, 1.807) is 0 Å². The van der Waals surface area contributed by atoms with E-state index in [0.29, 0.717) is 5.56 Å². The summed E-state index contributed by atoms with van der Waals surface area (Å²) in [5, 5.41) is 15.6. The van der Waals surface area contributed by atoms with E-state index in [9.17, 15) is 31.5 Å². The molecule has 2 rings (SSSR count). The summed E-state index contributed by atoms with van der Waals surface area (Å²) in [7, 11) is -3.42. The number of nitrogens with zero attached hydrogens (tertiary/aromatic N) is 2. The highest BCUT2D eigenvalue weighted by molar-refractivity contribution is 7.90. The summed E-state index contributed by atoms with van der Waals surface area (Å²) in [6.07, 6.45) is -3.35. The number of anilines is 1. The zero-order valence-electron chi connectivity index (χ0n) is 14.5. The van der Waals surface area contributed by atoms with Gasteiger partial charge in [0.25, 0.3) is 5.56 Å². The third kappa shape index (κ3) is 5.54. The van der Waals surface area contributed by atoms with E-state index in [2.05, 4.69) is 10.4 Å². The zero-order chi connectivity index (χ0) is 20.4. The number of hydrogen-bond acceptors (Lipinski definition) is 6. The Kier molecular flexibility index (Phi) is 5.95. The first-order chi connectivity index (χ1) is 12.4. The van der Waals surface area contributed by atoms with Crippen molar-refractivity contribution in [3.05, 3.63) is 40.8 Å². The van der Waals surface area contributed by atoms with Crippen molar-refractivity contribution in [1.82, 2.24) is 9.78 Å². The molecule has 1 heterocycles. The summed E-state index contributed by atoms with van der Waals surface area (Å²) in [6, 6.07) is 5.50. The predicted octanol–water partition coefficient (Wildman–Crippen LogP) is 1.67. The Morgan fingerprint density at radius 3 is 2.33 bits per heavy atom. The molecule has 0 amide bonds. The Hall–Kier alpha value is -2.40. The largest absolute Gasteiger partial charge is 0.408 e. The minimum atomic E-state index is -4.63. The van der Waals surface area contributed by atoms with E-state index in [1.807, 2.05) is 0 Å². The molecule has 1 unspecified atom stereocenters. The molecule has 148 valence electrons. The quantitative estimate of drug-likeness (QED) is 0.758. The van der Waals surface area contributed by atoms with Crippen molar-refractivity contribution < 1.29 is 26.7 Å². The smallest absolute Gasteiger partial charge is 0.392 e. The molecule has 27 heavy (non-hydrogen) atoms. The minimum Gasteiger partial charge on any atom is -0.392 e. The van der Waals surface area contributed by atoms with Crippen molar-refractivity contribution >= 4 is 15.5 Å². The fraction of sp³-hybridized carbons (Fsp3) is 0.375. The van der Waals surface area contributed by atoms with Gasteiger partial charge in [0.2, 0.25) is 0 Å². The van der Waals surface area contributed by atoms with E-state index in [-0.39, 0.29) is 27.4 Å². The molecule has 2 aromatic rings. The third-order valence-corrected chi connectivity index (χ3v) is 4.67. The molecule has 0 spiro atoms. The van der Waals surface area contributed by atoms with Crippen molar-refractivity contribution in [3.63, 3.8) is 0 Å². The average Bonchev–Trinajstić information content (AvgIpc) is 2.53. The van der Waals surface area contributed by atoms with Gasteiger partial charge >= 0.3 is 6.18 Å². The molecule has 1 aromatic carbocycles. The molecule has 0 fully saturated rings. The number of aliphatic hydroxyl groups excluding tert-OH is 1. The van der Waals surface area contributed by atoms with Gasteiger partial charge in [-0.3, -0.25) is 4.79 Å². The zero-order valence-corrected chi connectivity index (χ0v) is 15.3. The Morgan fingerprint density at radius 1 is 1.26 bits per heavy atom. The second kappa shape index (κ2) is 7.69. The number of alkyl halides is 3. The monoisotopic (exact) mass is 405 g/mol. The summed E-state index contributed by atoms with van der Waals surface area (Å²) in [5.41, 5.74) is -0.585. The number of nitrogens with one attached hydrogen (secondary N) is 1. The first kappa shape index (κ1) is 20.9. The van der Waals surface area contributed by atoms with Crippen LogP contribution in [0, 0.1) is 0 Å². The van der Waals surface area contributed by atoms with Crippen LogP contribution in [0.25, 0.3) is 11.1 Å². The third-order valence-electron chi connectivity index (χ3n) is 3.54. The van der Waals surface area contributed by atoms with Crippen LogP contribution in [-0.4, -0.2) is 48.4 Å². The molecule has 2 N–H and O–H groups in total. The van der Waals surface area contributed by atoms with E-state index >= 15 is 0 Å². The van der Waals surface area contributed by atoms with Gasteiger partial charge < -0.3 is 10.4 Å². The van der Waals surface area contributed by atoms with Gasteiger partial charge in [-0.15, -0.1) is 0 Å². The van der Waals surface area contributed by atoms with Crippen molar-refractivity contribution in [2.24, 2.45) is 0 Å². The van der Waals surface area contributed by atoms with E-state index in [4.69, 9.17) is 0 Å². The van der Waals surface area contributed by atoms with Crippen LogP contribution in [-0.2, 0) is 16.4 Å². The maximum atomic E-state index is 12.6. The van der Waals surface area contributed by atoms with Crippen LogP contribution in [0.1, 0.15) is 6.92 Å². The van der Waals surface area contributed by atoms with E-state index < -0.39 is 34.2 Å². The maximum absolute atomic E-state index is 12.6. The molecule has 1 aromatic heterocycles. The van der Waals surface area contributed by atoms with Gasteiger partial charge in [0.15, 0.2) is 9.84 Å². The van der Waals surface area contributed by atoms with Crippen LogP contribution in [0.15, 0.2) is 40.2 Å². The molecule has 0 aliphatic carbocycles. The van der Waals surface area contributed by atoms with Crippen LogP contribution in [0.4, 0.5) is 18.9 Å². The van der Waals surface area contributed by atoms with E-state index in [1.165, 1.54) is 31.2 Å². The van der Waals surface area contributed by atoms with Gasteiger partial charge in [-0.05, 0) is 24.6 Å². The number of aromatic nitrogens is 2. The fourth-order valence-corrected chi connectivity index (χ4v) is 2.92. The topological polar surface area (TPSA) is 101 Å². The minimum absolute atomic E-state index is 0.0584. The van der Waals surface area contributed by atoms with Crippen molar-refractivity contribution in [1.29, 1.82) is 0 Å². The van der Waals surface area contributed by atoms with Crippen molar-refractivity contribution in [2.75, 3.05) is 18.1 Å². The van der Waals surface area contributed by atoms with Crippen LogP contribution in [0.2, 0.25) is 0 Å². The molecule has 1 atom stereocenters. The summed E-state index contributed by atoms with van der Waals surface area (Å²) in [5.74, 6) is 0. The standard InChI is InChI=1S/C16H18F3N3O4S/c1-10(23)7-20-14-13(8-21-22(15(14)24)9-16(17,18)19)11-3-5-12(6-4-11)27(2,25)26/h3-6,8,10,20,23H,7,9H2,1-2H3. The highest BCUT2D eigenvalue weighted by atomic mass is 32.2. The Bertz CT molecular complexity index is 968. The molecule has 0 radical (unpaired) electrons. The highest BCUT2D eigenvalue weighted by Gasteiger charge is 2.30. The lowest BCUT2D eigenvalue weighted by molar-refractivity contribution is -0.143. The van der Waals surface area contributed by atoms with Gasteiger partial charge in [0, 0.05) is 18.4 Å². The number of aliphatic hydroxyl groups is 1. The van der Waals surface area contributed by atoms with E-state index in [0.717, 1.165) is 12.5 Å². The molecular weight excluding hydrogens is 387 g/mol. The SMILES string of the molecule is CC(O)CNc1c(-c2ccc(S(C)(=O)=O)cc2)cnn(CC(F)(F)F)c1=O. The van der Waals surface area contributed by atoms with Crippen LogP contribution < -0.4 is 10.9 Å². The maximum Gasteiger partial charge on any atom is 0.408 e. The molecular formula is C16H18F3N3O4S. The lowest BCUT2D eigenvalue weighted by atomic mass is 10.1. The number of benzene rings is 1. The van der Waals surface area contributed by atoms with Crippen LogP contribution in [0.5, 0.6) is 0 Å². The molecule has 0 aliphatic heterocycles. The number of rotatable bonds is 6. The summed E-state index contributed by atoms with van der Waals surface area (Å²) in [4.78, 5) is 12.5. The fourth-order valence-electron chi connectivity index (χ4n) is 2.29. The molecule has 0 aliphatic rings. The number of sulfone groups is 1. The molecule has 0 saturated heterocycles. The normalized spacial score (nSPS) is 13.4. The second-order valence-corrected chi connectivity index (χ2v) is 8.05. The summed E-state index contributed by atoms with van der Waals surface area (Å²) < 4.78 is 61.3. The molecule has 0 saturated carbocycles. The lowest BCUT2D eigenvalue weighted by Gasteiger charge is -2.16. The van der Waals surface area contributed by atoms with Crippen LogP contribution in [0.3, 0.4) is 0 Å². The van der Waals surface area contributed by atoms with Gasteiger partial charge in [0.1, 0.15) is 12.2 Å². The second-order valence-electron chi connectivity index (χ2n) is 6.04. The first-order valence-corrected chi connectivity index (χ1v) is 9.67. The predicted molar refractivity (Wildman–Crippen MR) is 93.3 cm³/mol. The number of halogens is 3. The van der Waals surface area contributed by atoms with Gasteiger partial charge in [0.05, 0.1) is 17.2 Å². The average molecular weight is 405 g/mol. The molecule has 7 nitrogen and oxygen atoms in total. The van der Waals surface area contributed by atoms with Crippen molar-refractivity contribution in [3.8, 4) is 11.1 Å². The number of hydrogen-bond donors (Lipinski definition) is 2. The Morgan fingerprint density at radius 2 is 1.85 bits per heavy atom. The van der Waals surface area contributed by atoms with Crippen LogP contribution >= 0.6 is 0 Å².